The highest BCUT2D eigenvalue weighted by Crippen LogP contribution is 2.31. The number of ketones is 2. The summed E-state index contributed by atoms with van der Waals surface area (Å²) in [4.78, 5) is 24.1. The summed E-state index contributed by atoms with van der Waals surface area (Å²) in [6.45, 7) is 0. The Balaban J connectivity index is 1.91. The van der Waals surface area contributed by atoms with Crippen molar-refractivity contribution in [1.29, 1.82) is 0 Å². The summed E-state index contributed by atoms with van der Waals surface area (Å²) in [5.74, 6) is 0.218. The molecular weight excluding hydrogens is 248 g/mol. The smallest absolute Gasteiger partial charge is 0.193 e. The lowest BCUT2D eigenvalue weighted by Gasteiger charge is -2.21. The Morgan fingerprint density at radius 1 is 0.750 bits per heavy atom. The highest BCUT2D eigenvalue weighted by Gasteiger charge is 2.25. The highest BCUT2D eigenvalue weighted by atomic mass is 16.1. The van der Waals surface area contributed by atoms with Crippen LogP contribution in [0.3, 0.4) is 0 Å². The van der Waals surface area contributed by atoms with Crippen molar-refractivity contribution >= 4 is 17.6 Å². The third-order valence-corrected chi connectivity index (χ3v) is 4.07. The molecule has 0 aromatic heterocycles. The molecule has 2 nitrogen and oxygen atoms in total. The molecule has 0 amide bonds. The van der Waals surface area contributed by atoms with Gasteiger partial charge in [-0.25, -0.2) is 0 Å². The molecule has 20 heavy (non-hydrogen) atoms. The molecule has 0 fully saturated rings. The largest absolute Gasteiger partial charge is 0.294 e. The van der Waals surface area contributed by atoms with Crippen LogP contribution in [0, 0.1) is 0 Å². The molecule has 2 aromatic rings. The Labute approximate surface area is 116 Å². The van der Waals surface area contributed by atoms with Crippen molar-refractivity contribution in [1.82, 2.24) is 0 Å². The van der Waals surface area contributed by atoms with Crippen molar-refractivity contribution in [2.45, 2.75) is 12.8 Å². The van der Waals surface area contributed by atoms with Crippen LogP contribution in [0.15, 0.2) is 42.5 Å². The number of hydrogen-bond donors (Lipinski definition) is 0. The molecule has 2 aliphatic rings. The monoisotopic (exact) mass is 260 g/mol. The molecule has 0 bridgehead atoms. The van der Waals surface area contributed by atoms with E-state index >= 15 is 0 Å². The summed E-state index contributed by atoms with van der Waals surface area (Å²) in [7, 11) is 0. The lowest BCUT2D eigenvalue weighted by atomic mass is 9.81. The van der Waals surface area contributed by atoms with Gasteiger partial charge in [0.15, 0.2) is 11.6 Å². The van der Waals surface area contributed by atoms with Crippen LogP contribution >= 0.6 is 0 Å². The number of carbonyl (C=O) groups is 2. The van der Waals surface area contributed by atoms with Crippen molar-refractivity contribution in [3.8, 4) is 0 Å². The topological polar surface area (TPSA) is 34.1 Å². The Bertz CT molecular complexity index is 797. The van der Waals surface area contributed by atoms with Crippen molar-refractivity contribution in [2.24, 2.45) is 0 Å². The van der Waals surface area contributed by atoms with Crippen molar-refractivity contribution < 1.29 is 9.59 Å². The van der Waals surface area contributed by atoms with Gasteiger partial charge in [0.2, 0.25) is 0 Å². The highest BCUT2D eigenvalue weighted by molar-refractivity contribution is 6.13. The minimum Gasteiger partial charge on any atom is -0.294 e. The normalized spacial score (nSPS) is 15.6. The molecule has 0 radical (unpaired) electrons. The molecule has 0 spiro atoms. The Kier molecular flexibility index (Phi) is 2.27. The van der Waals surface area contributed by atoms with Gasteiger partial charge in [-0.1, -0.05) is 36.4 Å². The van der Waals surface area contributed by atoms with Crippen LogP contribution in [-0.4, -0.2) is 11.6 Å². The zero-order valence-electron chi connectivity index (χ0n) is 10.8. The van der Waals surface area contributed by atoms with E-state index in [0.717, 1.165) is 39.8 Å². The van der Waals surface area contributed by atoms with Crippen molar-refractivity contribution in [2.75, 3.05) is 0 Å². The molecule has 0 aliphatic heterocycles. The molecule has 0 unspecified atom stereocenters. The Morgan fingerprint density at radius 3 is 2.50 bits per heavy atom. The van der Waals surface area contributed by atoms with Gasteiger partial charge < -0.3 is 0 Å². The average Bonchev–Trinajstić information content (AvgIpc) is 2.46. The van der Waals surface area contributed by atoms with Crippen molar-refractivity contribution in [3.05, 3.63) is 75.9 Å². The van der Waals surface area contributed by atoms with E-state index in [1.807, 2.05) is 42.5 Å². The molecule has 0 saturated carbocycles. The van der Waals surface area contributed by atoms with E-state index < -0.39 is 0 Å². The van der Waals surface area contributed by atoms with Crippen LogP contribution in [0.1, 0.15) is 38.2 Å². The van der Waals surface area contributed by atoms with Gasteiger partial charge in [-0.2, -0.15) is 0 Å². The molecule has 0 saturated heterocycles. The summed E-state index contributed by atoms with van der Waals surface area (Å²) >= 11 is 0. The van der Waals surface area contributed by atoms with Gasteiger partial charge in [-0.15, -0.1) is 0 Å². The van der Waals surface area contributed by atoms with Gasteiger partial charge in [-0.05, 0) is 40.8 Å². The number of fused-ring (bicyclic) bond motifs is 3. The maximum Gasteiger partial charge on any atom is 0.193 e. The van der Waals surface area contributed by atoms with Crippen LogP contribution < -0.4 is 0 Å². The fourth-order valence-corrected chi connectivity index (χ4v) is 3.05. The first-order valence-electron chi connectivity index (χ1n) is 6.72. The molecule has 0 N–H and O–H groups in total. The molecule has 0 atom stereocenters. The molecule has 0 heterocycles. The van der Waals surface area contributed by atoms with E-state index in [4.69, 9.17) is 0 Å². The zero-order valence-corrected chi connectivity index (χ0v) is 10.8. The van der Waals surface area contributed by atoms with E-state index in [9.17, 15) is 9.59 Å². The second-order valence-corrected chi connectivity index (χ2v) is 5.35. The first kappa shape index (κ1) is 11.4. The predicted molar refractivity (Wildman–Crippen MR) is 76.9 cm³/mol. The van der Waals surface area contributed by atoms with E-state index in [1.165, 1.54) is 0 Å². The van der Waals surface area contributed by atoms with Gasteiger partial charge >= 0.3 is 0 Å². The molecule has 2 aliphatic carbocycles. The van der Waals surface area contributed by atoms with Crippen LogP contribution in [0.2, 0.25) is 0 Å². The number of carbonyl (C=O) groups excluding carboxylic acids is 2. The molecular formula is C18H12O2. The van der Waals surface area contributed by atoms with Crippen LogP contribution in [0.4, 0.5) is 0 Å². The van der Waals surface area contributed by atoms with E-state index in [1.54, 1.807) is 6.08 Å². The number of allylic oxidation sites excluding steroid dienone is 1. The molecule has 2 heteroatoms. The standard InChI is InChI=1S/C18H12O2/c19-15-6-5-11-10-17-14(8-13(11)9-15)7-12-3-1-2-4-16(12)18(17)20/h1-6,8,10H,7,9H2. The third-order valence-electron chi connectivity index (χ3n) is 4.07. The molecule has 4 rings (SSSR count). The predicted octanol–water partition coefficient (Wildman–Crippen LogP) is 2.96. The maximum absolute atomic E-state index is 12.6. The average molecular weight is 260 g/mol. The van der Waals surface area contributed by atoms with E-state index in [-0.39, 0.29) is 11.6 Å². The van der Waals surface area contributed by atoms with Gasteiger partial charge in [0.05, 0.1) is 0 Å². The number of hydrogen-bond acceptors (Lipinski definition) is 2. The van der Waals surface area contributed by atoms with E-state index in [2.05, 4.69) is 0 Å². The summed E-state index contributed by atoms with van der Waals surface area (Å²) in [6, 6.07) is 11.7. The SMILES string of the molecule is O=C1C=Cc2cc3c(cc2C1)Cc1ccccc1C3=O. The number of benzene rings is 2. The second kappa shape index (κ2) is 4.01. The van der Waals surface area contributed by atoms with Crippen LogP contribution in [0.25, 0.3) is 6.08 Å². The summed E-state index contributed by atoms with van der Waals surface area (Å²) in [6.07, 6.45) is 4.61. The molecule has 2 aromatic carbocycles. The van der Waals surface area contributed by atoms with Crippen LogP contribution in [0.5, 0.6) is 0 Å². The zero-order chi connectivity index (χ0) is 13.7. The minimum absolute atomic E-state index is 0.0925. The fraction of sp³-hybridized carbons (Fsp3) is 0.111. The first-order chi connectivity index (χ1) is 9.72. The Morgan fingerprint density at radius 2 is 1.60 bits per heavy atom. The van der Waals surface area contributed by atoms with Crippen molar-refractivity contribution in [3.63, 3.8) is 0 Å². The van der Waals surface area contributed by atoms with Gasteiger partial charge in [-0.3, -0.25) is 9.59 Å². The second-order valence-electron chi connectivity index (χ2n) is 5.35. The Hall–Kier alpha value is -2.48. The summed E-state index contributed by atoms with van der Waals surface area (Å²) in [5.41, 5.74) is 5.72. The number of rotatable bonds is 0. The fourth-order valence-electron chi connectivity index (χ4n) is 3.05. The van der Waals surface area contributed by atoms with Gasteiger partial charge in [0.25, 0.3) is 0 Å². The molecule has 96 valence electrons. The van der Waals surface area contributed by atoms with Gasteiger partial charge in [0.1, 0.15) is 0 Å². The summed E-state index contributed by atoms with van der Waals surface area (Å²) in [5, 5.41) is 0. The third kappa shape index (κ3) is 1.58. The first-order valence-corrected chi connectivity index (χ1v) is 6.72. The maximum atomic E-state index is 12.6. The van der Waals surface area contributed by atoms with Crippen LogP contribution in [-0.2, 0) is 17.6 Å². The van der Waals surface area contributed by atoms with E-state index in [0.29, 0.717) is 6.42 Å². The lowest BCUT2D eigenvalue weighted by Crippen LogP contribution is -2.17. The minimum atomic E-state index is 0.0925. The quantitative estimate of drug-likeness (QED) is 0.622. The summed E-state index contributed by atoms with van der Waals surface area (Å²) < 4.78 is 0. The van der Waals surface area contributed by atoms with Gasteiger partial charge in [0, 0.05) is 17.5 Å². The lowest BCUT2D eigenvalue weighted by molar-refractivity contribution is -0.114.